The van der Waals surface area contributed by atoms with Gasteiger partial charge in [0.25, 0.3) is 11.9 Å². The molecule has 240 valence electrons. The minimum absolute atomic E-state index is 0.102. The first-order valence-electron chi connectivity index (χ1n) is 14.6. The molecule has 5 N–H and O–H groups in total. The van der Waals surface area contributed by atoms with Gasteiger partial charge in [-0.15, -0.1) is 0 Å². The van der Waals surface area contributed by atoms with Gasteiger partial charge in [0.2, 0.25) is 17.8 Å². The zero-order valence-electron chi connectivity index (χ0n) is 25.1. The number of nitrogens with one attached hydrogen (secondary N) is 3. The molecule has 4 aromatic rings. The molecule has 0 saturated carbocycles. The summed E-state index contributed by atoms with van der Waals surface area (Å²) in [6.45, 7) is 2.82. The molecule has 46 heavy (non-hydrogen) atoms. The van der Waals surface area contributed by atoms with Crippen LogP contribution in [0.25, 0.3) is 0 Å². The van der Waals surface area contributed by atoms with E-state index in [0.29, 0.717) is 30.5 Å². The van der Waals surface area contributed by atoms with E-state index in [0.717, 1.165) is 16.7 Å². The normalized spacial score (nSPS) is 12.1. The first-order valence-corrected chi connectivity index (χ1v) is 14.6. The maximum absolute atomic E-state index is 14.4. The highest BCUT2D eigenvalue weighted by Gasteiger charge is 2.29. The summed E-state index contributed by atoms with van der Waals surface area (Å²) < 4.78 is 47.4. The molecule has 2 unspecified atom stereocenters. The van der Waals surface area contributed by atoms with Gasteiger partial charge >= 0.3 is 0 Å². The van der Waals surface area contributed by atoms with Crippen molar-refractivity contribution in [3.8, 4) is 5.75 Å². The number of nitrogens with two attached hydrogens (primary N) is 1. The number of nitrogens with zero attached hydrogens (tertiary/aromatic N) is 1. The van der Waals surface area contributed by atoms with E-state index in [-0.39, 0.29) is 19.4 Å². The van der Waals surface area contributed by atoms with E-state index >= 15 is 0 Å². The summed E-state index contributed by atoms with van der Waals surface area (Å²) in [4.78, 5) is 43.0. The van der Waals surface area contributed by atoms with Gasteiger partial charge in [-0.25, -0.2) is 4.39 Å². The topological polar surface area (TPSA) is 135 Å². The molecule has 3 amide bonds. The number of ether oxygens (including phenoxy) is 1. The Balaban J connectivity index is 1.58. The number of hydrogen-bond donors (Lipinski definition) is 4. The molecule has 1 aromatic heterocycles. The number of amides is 3. The van der Waals surface area contributed by atoms with Gasteiger partial charge < -0.3 is 26.4 Å². The smallest absolute Gasteiger partial charge is 0.255 e. The molecule has 12 heteroatoms. The number of halogens is 3. The molecule has 0 fully saturated rings. The fourth-order valence-corrected chi connectivity index (χ4v) is 4.64. The van der Waals surface area contributed by atoms with Crippen LogP contribution < -0.4 is 26.4 Å². The van der Waals surface area contributed by atoms with E-state index in [2.05, 4.69) is 20.9 Å². The summed E-state index contributed by atoms with van der Waals surface area (Å²) in [5, 5.41) is 7.90. The molecule has 0 saturated heterocycles. The monoisotopic (exact) mass is 633 g/mol. The highest BCUT2D eigenvalue weighted by atomic mass is 19.2. The Labute approximate surface area is 264 Å². The van der Waals surface area contributed by atoms with Crippen molar-refractivity contribution in [1.29, 1.82) is 0 Å². The van der Waals surface area contributed by atoms with Gasteiger partial charge in [-0.1, -0.05) is 66.7 Å². The summed E-state index contributed by atoms with van der Waals surface area (Å²) in [5.41, 5.74) is 7.78. The van der Waals surface area contributed by atoms with E-state index in [9.17, 15) is 27.6 Å². The Morgan fingerprint density at radius 1 is 0.783 bits per heavy atom. The van der Waals surface area contributed by atoms with Crippen LogP contribution >= 0.6 is 0 Å². The van der Waals surface area contributed by atoms with Crippen LogP contribution in [0, 0.1) is 17.7 Å². The summed E-state index contributed by atoms with van der Waals surface area (Å²) in [6.07, 6.45) is 0.0124. The molecular weight excluding hydrogens is 599 g/mol. The van der Waals surface area contributed by atoms with Crippen LogP contribution in [-0.2, 0) is 35.5 Å². The highest BCUT2D eigenvalue weighted by molar-refractivity contribution is 5.98. The summed E-state index contributed by atoms with van der Waals surface area (Å²) in [5.74, 6) is -6.80. The summed E-state index contributed by atoms with van der Waals surface area (Å²) in [7, 11) is 0. The van der Waals surface area contributed by atoms with Crippen LogP contribution in [-0.4, -0.2) is 41.4 Å². The average Bonchev–Trinajstić information content (AvgIpc) is 3.06. The van der Waals surface area contributed by atoms with Crippen LogP contribution in [0.4, 0.5) is 13.2 Å². The number of rotatable bonds is 14. The minimum Gasteiger partial charge on any atom is -0.494 e. The number of aromatic nitrogens is 1. The summed E-state index contributed by atoms with van der Waals surface area (Å²) >= 11 is 0. The molecule has 0 aliphatic heterocycles. The molecular formula is C34H34F3N5O4. The van der Waals surface area contributed by atoms with Gasteiger partial charge in [-0.05, 0) is 41.3 Å². The van der Waals surface area contributed by atoms with Crippen molar-refractivity contribution in [2.24, 2.45) is 5.73 Å². The molecule has 3 aromatic carbocycles. The van der Waals surface area contributed by atoms with Gasteiger partial charge in [-0.2, -0.15) is 13.8 Å². The third kappa shape index (κ3) is 9.38. The zero-order valence-corrected chi connectivity index (χ0v) is 25.1. The van der Waals surface area contributed by atoms with Crippen molar-refractivity contribution >= 4 is 17.7 Å². The number of carbonyl (C=O) groups is 3. The second kappa shape index (κ2) is 16.2. The Bertz CT molecular complexity index is 1640. The van der Waals surface area contributed by atoms with Crippen molar-refractivity contribution < 1.29 is 32.3 Å². The molecule has 0 aliphatic rings. The number of benzene rings is 3. The lowest BCUT2D eigenvalue weighted by atomic mass is 10.0. The van der Waals surface area contributed by atoms with Crippen LogP contribution in [0.15, 0.2) is 84.9 Å². The van der Waals surface area contributed by atoms with Crippen LogP contribution in [0.2, 0.25) is 0 Å². The Morgan fingerprint density at radius 2 is 1.37 bits per heavy atom. The lowest BCUT2D eigenvalue weighted by Crippen LogP contribution is -2.55. The Hall–Kier alpha value is -5.23. The zero-order chi connectivity index (χ0) is 33.1. The van der Waals surface area contributed by atoms with Crippen molar-refractivity contribution in [2.75, 3.05) is 6.61 Å². The first-order chi connectivity index (χ1) is 22.2. The van der Waals surface area contributed by atoms with Gasteiger partial charge in [0, 0.05) is 32.0 Å². The van der Waals surface area contributed by atoms with E-state index < -0.39 is 53.1 Å². The SMILES string of the molecule is CCOc1ccc(CC(NC(=O)c2cc(F)nc(F)c2F)C(=O)NC(Cc2ccccc2)C(=O)NCc2ccc(CN)cc2)cc1. The number of pyridine rings is 1. The molecule has 9 nitrogen and oxygen atoms in total. The lowest BCUT2D eigenvalue weighted by Gasteiger charge is -2.24. The third-order valence-electron chi connectivity index (χ3n) is 7.07. The molecule has 0 bridgehead atoms. The Morgan fingerprint density at radius 3 is 2.00 bits per heavy atom. The molecule has 1 heterocycles. The minimum atomic E-state index is -1.80. The molecule has 0 aliphatic carbocycles. The molecule has 4 rings (SSSR count). The average molecular weight is 634 g/mol. The van der Waals surface area contributed by atoms with Gasteiger partial charge in [-0.3, -0.25) is 14.4 Å². The fraction of sp³-hybridized carbons (Fsp3) is 0.235. The van der Waals surface area contributed by atoms with E-state index in [4.69, 9.17) is 10.5 Å². The quantitative estimate of drug-likeness (QED) is 0.156. The van der Waals surface area contributed by atoms with Gasteiger partial charge in [0.05, 0.1) is 12.2 Å². The van der Waals surface area contributed by atoms with Crippen LogP contribution in [0.1, 0.15) is 39.5 Å². The Kier molecular flexibility index (Phi) is 11.8. The summed E-state index contributed by atoms with van der Waals surface area (Å²) in [6, 6.07) is 21.0. The maximum atomic E-state index is 14.4. The molecule has 0 spiro atoms. The number of hydrogen-bond acceptors (Lipinski definition) is 6. The molecule has 0 radical (unpaired) electrons. The lowest BCUT2D eigenvalue weighted by molar-refractivity contribution is -0.130. The second-order valence-corrected chi connectivity index (χ2v) is 10.4. The molecule has 2 atom stereocenters. The highest BCUT2D eigenvalue weighted by Crippen LogP contribution is 2.16. The predicted octanol–water partition coefficient (Wildman–Crippen LogP) is 3.74. The largest absolute Gasteiger partial charge is 0.494 e. The standard InChI is InChI=1S/C34H34F3N5O4/c1-2-46-25-14-12-22(13-15-25)17-28(40-32(43)26-18-29(35)42-31(37)30(26)36)34(45)41-27(16-21-6-4-3-5-7-21)33(44)39-20-24-10-8-23(19-38)9-11-24/h3-15,18,27-28H,2,16-17,19-20,38H2,1H3,(H,39,44)(H,40,43)(H,41,45). The third-order valence-corrected chi connectivity index (χ3v) is 7.07. The van der Waals surface area contributed by atoms with Crippen LogP contribution in [0.3, 0.4) is 0 Å². The second-order valence-electron chi connectivity index (χ2n) is 10.4. The van der Waals surface area contributed by atoms with Crippen molar-refractivity contribution in [3.05, 3.63) is 130 Å². The van der Waals surface area contributed by atoms with Crippen LogP contribution in [0.5, 0.6) is 5.75 Å². The van der Waals surface area contributed by atoms with E-state index in [1.807, 2.05) is 37.3 Å². The number of carbonyl (C=O) groups excluding carboxylic acids is 3. The van der Waals surface area contributed by atoms with Gasteiger partial charge in [0.1, 0.15) is 17.8 Å². The van der Waals surface area contributed by atoms with E-state index in [1.165, 1.54) is 0 Å². The van der Waals surface area contributed by atoms with E-state index in [1.54, 1.807) is 48.5 Å². The predicted molar refractivity (Wildman–Crippen MR) is 165 cm³/mol. The maximum Gasteiger partial charge on any atom is 0.255 e. The van der Waals surface area contributed by atoms with Crippen molar-refractivity contribution in [2.45, 2.75) is 44.9 Å². The van der Waals surface area contributed by atoms with Gasteiger partial charge in [0.15, 0.2) is 5.82 Å². The van der Waals surface area contributed by atoms with Crippen molar-refractivity contribution in [3.63, 3.8) is 0 Å². The first kappa shape index (κ1) is 33.7. The fourth-order valence-electron chi connectivity index (χ4n) is 4.64. The van der Waals surface area contributed by atoms with Crippen molar-refractivity contribution in [1.82, 2.24) is 20.9 Å².